The van der Waals surface area contributed by atoms with Gasteiger partial charge in [0, 0.05) is 6.20 Å². The Morgan fingerprint density at radius 3 is 2.60 bits per heavy atom. The molecule has 0 saturated heterocycles. The Morgan fingerprint density at radius 2 is 2.15 bits per heavy atom. The minimum atomic E-state index is -4.50. The van der Waals surface area contributed by atoms with Crippen LogP contribution in [0, 0.1) is 0 Å². The highest BCUT2D eigenvalue weighted by molar-refractivity contribution is 5.80. The van der Waals surface area contributed by atoms with Crippen molar-refractivity contribution in [2.75, 3.05) is 13.7 Å². The molecule has 1 N–H and O–H groups in total. The number of rotatable bonds is 6. The van der Waals surface area contributed by atoms with Gasteiger partial charge in [-0.05, 0) is 26.0 Å². The van der Waals surface area contributed by atoms with E-state index in [1.54, 1.807) is 6.92 Å². The lowest BCUT2D eigenvalue weighted by atomic mass is 10.0. The van der Waals surface area contributed by atoms with Crippen molar-refractivity contribution in [3.05, 3.63) is 18.0 Å². The second-order valence-electron chi connectivity index (χ2n) is 4.65. The van der Waals surface area contributed by atoms with Gasteiger partial charge >= 0.3 is 12.1 Å². The normalized spacial score (nSPS) is 14.9. The molecule has 114 valence electrons. The van der Waals surface area contributed by atoms with Crippen LogP contribution in [0.25, 0.3) is 0 Å². The van der Waals surface area contributed by atoms with Gasteiger partial charge in [-0.25, -0.2) is 4.79 Å². The molecule has 0 bridgehead atoms. The van der Waals surface area contributed by atoms with Crippen molar-refractivity contribution in [2.45, 2.75) is 38.5 Å². The van der Waals surface area contributed by atoms with E-state index in [1.165, 1.54) is 13.3 Å². The van der Waals surface area contributed by atoms with Gasteiger partial charge in [0.05, 0.1) is 13.7 Å². The van der Waals surface area contributed by atoms with Gasteiger partial charge in [0.2, 0.25) is 0 Å². The molecule has 0 fully saturated rings. The smallest absolute Gasteiger partial charge is 0.435 e. The maximum absolute atomic E-state index is 12.5. The summed E-state index contributed by atoms with van der Waals surface area (Å²) < 4.78 is 43.2. The van der Waals surface area contributed by atoms with Gasteiger partial charge < -0.3 is 10.1 Å². The quantitative estimate of drug-likeness (QED) is 0.813. The van der Waals surface area contributed by atoms with Gasteiger partial charge in [-0.1, -0.05) is 6.92 Å². The standard InChI is InChI=1S/C12H18F3N3O2/c1-4-6-16-11(2,10(19)20-3)8-18-7-5-9(17-18)12(13,14)15/h5,7,16H,4,6,8H2,1-3H3. The van der Waals surface area contributed by atoms with E-state index in [4.69, 9.17) is 4.74 Å². The first-order chi connectivity index (χ1) is 9.23. The van der Waals surface area contributed by atoms with Crippen LogP contribution in [0.4, 0.5) is 13.2 Å². The van der Waals surface area contributed by atoms with Gasteiger partial charge in [-0.3, -0.25) is 4.68 Å². The second-order valence-corrected chi connectivity index (χ2v) is 4.65. The number of aromatic nitrogens is 2. The monoisotopic (exact) mass is 293 g/mol. The average Bonchev–Trinajstić information content (AvgIpc) is 2.83. The van der Waals surface area contributed by atoms with Crippen molar-refractivity contribution in [1.82, 2.24) is 15.1 Å². The topological polar surface area (TPSA) is 56.2 Å². The molecule has 0 spiro atoms. The van der Waals surface area contributed by atoms with Crippen LogP contribution < -0.4 is 5.32 Å². The molecule has 0 radical (unpaired) electrons. The molecular weight excluding hydrogens is 275 g/mol. The predicted octanol–water partition coefficient (Wildman–Crippen LogP) is 1.83. The van der Waals surface area contributed by atoms with E-state index < -0.39 is 23.4 Å². The summed E-state index contributed by atoms with van der Waals surface area (Å²) in [5, 5.41) is 6.41. The number of esters is 1. The van der Waals surface area contributed by atoms with E-state index in [-0.39, 0.29) is 6.54 Å². The fourth-order valence-corrected chi connectivity index (χ4v) is 1.74. The number of nitrogens with one attached hydrogen (secondary N) is 1. The SMILES string of the molecule is CCCNC(C)(Cn1ccc(C(F)(F)F)n1)C(=O)OC. The molecular formula is C12H18F3N3O2. The van der Waals surface area contributed by atoms with Crippen molar-refractivity contribution in [3.8, 4) is 0 Å². The van der Waals surface area contributed by atoms with Crippen molar-refractivity contribution in [1.29, 1.82) is 0 Å². The van der Waals surface area contributed by atoms with Crippen LogP contribution in [-0.2, 0) is 22.3 Å². The third-order valence-corrected chi connectivity index (χ3v) is 2.81. The minimum Gasteiger partial charge on any atom is -0.468 e. The highest BCUT2D eigenvalue weighted by atomic mass is 19.4. The molecule has 0 aliphatic rings. The molecule has 0 aliphatic heterocycles. The number of carbonyl (C=O) groups is 1. The van der Waals surface area contributed by atoms with Gasteiger partial charge in [0.15, 0.2) is 5.69 Å². The summed E-state index contributed by atoms with van der Waals surface area (Å²) in [4.78, 5) is 11.8. The fourth-order valence-electron chi connectivity index (χ4n) is 1.74. The first-order valence-corrected chi connectivity index (χ1v) is 6.17. The maximum Gasteiger partial charge on any atom is 0.435 e. The minimum absolute atomic E-state index is 0.0459. The van der Waals surface area contributed by atoms with Crippen molar-refractivity contribution >= 4 is 5.97 Å². The van der Waals surface area contributed by atoms with E-state index >= 15 is 0 Å². The van der Waals surface area contributed by atoms with Crippen molar-refractivity contribution in [2.24, 2.45) is 0 Å². The van der Waals surface area contributed by atoms with Crippen LogP contribution in [0.1, 0.15) is 26.0 Å². The molecule has 5 nitrogen and oxygen atoms in total. The molecule has 1 heterocycles. The molecule has 0 amide bonds. The zero-order valence-electron chi connectivity index (χ0n) is 11.6. The number of nitrogens with zero attached hydrogens (tertiary/aromatic N) is 2. The number of hydrogen-bond acceptors (Lipinski definition) is 4. The van der Waals surface area contributed by atoms with E-state index in [1.807, 2.05) is 6.92 Å². The number of carbonyl (C=O) groups excluding carboxylic acids is 1. The Bertz CT molecular complexity index is 459. The van der Waals surface area contributed by atoms with Crippen LogP contribution in [0.2, 0.25) is 0 Å². The summed E-state index contributed by atoms with van der Waals surface area (Å²) in [6.07, 6.45) is -2.53. The molecule has 0 saturated carbocycles. The zero-order valence-corrected chi connectivity index (χ0v) is 11.6. The van der Waals surface area contributed by atoms with Crippen LogP contribution in [0.15, 0.2) is 12.3 Å². The summed E-state index contributed by atoms with van der Waals surface area (Å²) in [6.45, 7) is 3.98. The average molecular weight is 293 g/mol. The van der Waals surface area contributed by atoms with Gasteiger partial charge in [-0.15, -0.1) is 0 Å². The number of alkyl halides is 3. The molecule has 1 atom stereocenters. The summed E-state index contributed by atoms with van der Waals surface area (Å²) >= 11 is 0. The molecule has 1 aromatic heterocycles. The van der Waals surface area contributed by atoms with Gasteiger partial charge in [-0.2, -0.15) is 18.3 Å². The molecule has 1 unspecified atom stereocenters. The Hall–Kier alpha value is -1.57. The van der Waals surface area contributed by atoms with Crippen LogP contribution in [-0.4, -0.2) is 34.9 Å². The Morgan fingerprint density at radius 1 is 1.50 bits per heavy atom. The molecule has 1 aromatic rings. The van der Waals surface area contributed by atoms with E-state index in [2.05, 4.69) is 10.4 Å². The van der Waals surface area contributed by atoms with Gasteiger partial charge in [0.25, 0.3) is 0 Å². The van der Waals surface area contributed by atoms with Crippen molar-refractivity contribution in [3.63, 3.8) is 0 Å². The predicted molar refractivity (Wildman–Crippen MR) is 65.9 cm³/mol. The number of methoxy groups -OCH3 is 1. The largest absolute Gasteiger partial charge is 0.468 e. The first kappa shape index (κ1) is 16.5. The summed E-state index contributed by atoms with van der Waals surface area (Å²) in [5.74, 6) is -0.546. The Balaban J connectivity index is 2.90. The van der Waals surface area contributed by atoms with Gasteiger partial charge in [0.1, 0.15) is 5.54 Å². The third-order valence-electron chi connectivity index (χ3n) is 2.81. The lowest BCUT2D eigenvalue weighted by molar-refractivity contribution is -0.148. The van der Waals surface area contributed by atoms with Crippen molar-refractivity contribution < 1.29 is 22.7 Å². The van der Waals surface area contributed by atoms with Crippen LogP contribution in [0.3, 0.4) is 0 Å². The lowest BCUT2D eigenvalue weighted by Gasteiger charge is -2.27. The highest BCUT2D eigenvalue weighted by Crippen LogP contribution is 2.27. The number of ether oxygens (including phenoxy) is 1. The Kier molecular flexibility index (Phi) is 5.15. The lowest BCUT2D eigenvalue weighted by Crippen LogP contribution is -2.53. The van der Waals surface area contributed by atoms with Crippen LogP contribution >= 0.6 is 0 Å². The number of hydrogen-bond donors (Lipinski definition) is 1. The Labute approximate surface area is 115 Å². The molecule has 0 aromatic carbocycles. The third kappa shape index (κ3) is 3.96. The summed E-state index contributed by atoms with van der Waals surface area (Å²) in [6, 6.07) is 0.873. The molecule has 1 rings (SSSR count). The molecule has 0 aliphatic carbocycles. The first-order valence-electron chi connectivity index (χ1n) is 6.17. The maximum atomic E-state index is 12.5. The molecule has 8 heteroatoms. The number of halogens is 3. The second kappa shape index (κ2) is 6.25. The van der Waals surface area contributed by atoms with E-state index in [9.17, 15) is 18.0 Å². The van der Waals surface area contributed by atoms with E-state index in [0.717, 1.165) is 17.2 Å². The van der Waals surface area contributed by atoms with E-state index in [0.29, 0.717) is 6.54 Å². The summed E-state index contributed by atoms with van der Waals surface area (Å²) in [5.41, 5.74) is -2.11. The summed E-state index contributed by atoms with van der Waals surface area (Å²) in [7, 11) is 1.23. The fraction of sp³-hybridized carbons (Fsp3) is 0.667. The highest BCUT2D eigenvalue weighted by Gasteiger charge is 2.37. The van der Waals surface area contributed by atoms with Crippen LogP contribution in [0.5, 0.6) is 0 Å². The zero-order chi connectivity index (χ0) is 15.4. The molecule has 20 heavy (non-hydrogen) atoms.